The summed E-state index contributed by atoms with van der Waals surface area (Å²) in [7, 11) is -3.80. The lowest BCUT2D eigenvalue weighted by Gasteiger charge is -2.29. The summed E-state index contributed by atoms with van der Waals surface area (Å²) in [5.74, 6) is 0.211. The van der Waals surface area contributed by atoms with Crippen LogP contribution in [0.15, 0.2) is 23.4 Å². The summed E-state index contributed by atoms with van der Waals surface area (Å²) in [5, 5.41) is 20.9. The van der Waals surface area contributed by atoms with Gasteiger partial charge in [-0.15, -0.1) is 0 Å². The second-order valence-corrected chi connectivity index (χ2v) is 8.47. The average Bonchev–Trinajstić information content (AvgIpc) is 2.83. The number of aromatic nitrogens is 1. The molecular weight excluding hydrogens is 328 g/mol. The van der Waals surface area contributed by atoms with E-state index < -0.39 is 21.7 Å². The first-order valence-electron chi connectivity index (χ1n) is 7.17. The van der Waals surface area contributed by atoms with Gasteiger partial charge in [0.25, 0.3) is 10.0 Å². The standard InChI is InChI=1S/C14H21ClN2O4S/c1-10(2)7-12(18)14(19)5-6-17(9-14)22(20,21)13-4-3-11(15)8-16-13/h3-4,8,10,12,18-19H,5-7,9H2,1-2H3. The van der Waals surface area contributed by atoms with Crippen LogP contribution in [-0.4, -0.2) is 52.7 Å². The minimum atomic E-state index is -3.80. The van der Waals surface area contributed by atoms with Gasteiger partial charge in [0.15, 0.2) is 5.03 Å². The molecule has 6 nitrogen and oxygen atoms in total. The molecule has 0 amide bonds. The van der Waals surface area contributed by atoms with Crippen LogP contribution >= 0.6 is 11.6 Å². The molecule has 2 atom stereocenters. The van der Waals surface area contributed by atoms with Gasteiger partial charge in [0.2, 0.25) is 0 Å². The fourth-order valence-corrected chi connectivity index (χ4v) is 4.10. The van der Waals surface area contributed by atoms with Crippen LogP contribution in [-0.2, 0) is 10.0 Å². The van der Waals surface area contributed by atoms with Crippen LogP contribution in [0.5, 0.6) is 0 Å². The Bertz CT molecular complexity index is 620. The number of β-amino-alcohol motifs (C(OH)–C–C–N with tert-alkyl or cyclic N) is 1. The Morgan fingerprint density at radius 3 is 2.68 bits per heavy atom. The molecule has 1 aliphatic heterocycles. The molecule has 8 heteroatoms. The maximum atomic E-state index is 12.5. The number of hydrogen-bond donors (Lipinski definition) is 2. The van der Waals surface area contributed by atoms with E-state index in [9.17, 15) is 18.6 Å². The third-order valence-corrected chi connectivity index (χ3v) is 5.85. The first-order chi connectivity index (χ1) is 10.1. The van der Waals surface area contributed by atoms with Gasteiger partial charge in [-0.3, -0.25) is 0 Å². The topological polar surface area (TPSA) is 90.7 Å². The summed E-state index contributed by atoms with van der Waals surface area (Å²) < 4.78 is 26.2. The Morgan fingerprint density at radius 1 is 1.45 bits per heavy atom. The first kappa shape index (κ1) is 17.6. The maximum Gasteiger partial charge on any atom is 0.260 e. The van der Waals surface area contributed by atoms with Gasteiger partial charge >= 0.3 is 0 Å². The van der Waals surface area contributed by atoms with Gasteiger partial charge in [0.05, 0.1) is 11.1 Å². The van der Waals surface area contributed by atoms with Crippen molar-refractivity contribution in [3.8, 4) is 0 Å². The van der Waals surface area contributed by atoms with E-state index in [1.165, 1.54) is 18.3 Å². The molecule has 1 saturated heterocycles. The van der Waals surface area contributed by atoms with E-state index in [2.05, 4.69) is 4.98 Å². The van der Waals surface area contributed by atoms with E-state index in [0.717, 1.165) is 4.31 Å². The monoisotopic (exact) mass is 348 g/mol. The van der Waals surface area contributed by atoms with Crippen LogP contribution in [0.25, 0.3) is 0 Å². The molecule has 0 radical (unpaired) electrons. The van der Waals surface area contributed by atoms with Crippen molar-refractivity contribution in [2.45, 2.75) is 43.4 Å². The van der Waals surface area contributed by atoms with E-state index in [1.807, 2.05) is 13.8 Å². The largest absolute Gasteiger partial charge is 0.390 e. The lowest BCUT2D eigenvalue weighted by Crippen LogP contribution is -2.46. The van der Waals surface area contributed by atoms with Crippen molar-refractivity contribution in [3.05, 3.63) is 23.4 Å². The molecule has 2 rings (SSSR count). The average molecular weight is 349 g/mol. The number of hydrogen-bond acceptors (Lipinski definition) is 5. The van der Waals surface area contributed by atoms with Crippen molar-refractivity contribution in [1.29, 1.82) is 0 Å². The van der Waals surface area contributed by atoms with Crippen LogP contribution in [0.3, 0.4) is 0 Å². The normalized spacial score (nSPS) is 24.8. The highest BCUT2D eigenvalue weighted by Gasteiger charge is 2.46. The van der Waals surface area contributed by atoms with Crippen LogP contribution in [0.1, 0.15) is 26.7 Å². The summed E-state index contributed by atoms with van der Waals surface area (Å²) in [5.41, 5.74) is -1.41. The molecule has 1 aromatic rings. The molecule has 22 heavy (non-hydrogen) atoms. The number of aliphatic hydroxyl groups is 2. The zero-order chi connectivity index (χ0) is 16.5. The van der Waals surface area contributed by atoms with Gasteiger partial charge in [0, 0.05) is 19.3 Å². The molecule has 0 aromatic carbocycles. The summed E-state index contributed by atoms with van der Waals surface area (Å²) in [6, 6.07) is 2.79. The molecule has 1 aliphatic rings. The Hall–Kier alpha value is -0.730. The third-order valence-electron chi connectivity index (χ3n) is 3.86. The smallest absolute Gasteiger partial charge is 0.260 e. The highest BCUT2D eigenvalue weighted by molar-refractivity contribution is 7.89. The number of aliphatic hydroxyl groups excluding tert-OH is 1. The molecular formula is C14H21ClN2O4S. The Morgan fingerprint density at radius 2 is 2.14 bits per heavy atom. The summed E-state index contributed by atoms with van der Waals surface area (Å²) >= 11 is 5.71. The summed E-state index contributed by atoms with van der Waals surface area (Å²) in [4.78, 5) is 3.83. The van der Waals surface area contributed by atoms with Crippen molar-refractivity contribution < 1.29 is 18.6 Å². The van der Waals surface area contributed by atoms with E-state index in [1.54, 1.807) is 0 Å². The van der Waals surface area contributed by atoms with Crippen molar-refractivity contribution in [1.82, 2.24) is 9.29 Å². The third kappa shape index (κ3) is 3.60. The molecule has 0 saturated carbocycles. The molecule has 2 heterocycles. The molecule has 2 unspecified atom stereocenters. The molecule has 2 N–H and O–H groups in total. The lowest BCUT2D eigenvalue weighted by atomic mass is 9.90. The summed E-state index contributed by atoms with van der Waals surface area (Å²) in [6.45, 7) is 3.90. The van der Waals surface area contributed by atoms with E-state index in [-0.39, 0.29) is 30.5 Å². The Kier molecular flexibility index (Phi) is 5.13. The number of sulfonamides is 1. The van der Waals surface area contributed by atoms with Gasteiger partial charge in [-0.25, -0.2) is 13.4 Å². The van der Waals surface area contributed by atoms with Crippen LogP contribution in [0, 0.1) is 5.92 Å². The molecule has 0 bridgehead atoms. The molecule has 124 valence electrons. The van der Waals surface area contributed by atoms with Gasteiger partial charge < -0.3 is 10.2 Å². The van der Waals surface area contributed by atoms with Gasteiger partial charge in [-0.2, -0.15) is 4.31 Å². The molecule has 0 aliphatic carbocycles. The highest BCUT2D eigenvalue weighted by Crippen LogP contribution is 2.31. The van der Waals surface area contributed by atoms with Gasteiger partial charge in [-0.05, 0) is 30.9 Å². The van der Waals surface area contributed by atoms with Gasteiger partial charge in [0.1, 0.15) is 5.60 Å². The lowest BCUT2D eigenvalue weighted by molar-refractivity contribution is -0.0711. The Balaban J connectivity index is 2.16. The van der Waals surface area contributed by atoms with E-state index >= 15 is 0 Å². The number of rotatable bonds is 5. The predicted octanol–water partition coefficient (Wildman–Crippen LogP) is 1.27. The molecule has 1 aromatic heterocycles. The maximum absolute atomic E-state index is 12.5. The fourth-order valence-electron chi connectivity index (χ4n) is 2.57. The van der Waals surface area contributed by atoms with Crippen molar-refractivity contribution in [2.75, 3.05) is 13.1 Å². The second-order valence-electron chi connectivity index (χ2n) is 6.15. The van der Waals surface area contributed by atoms with Crippen molar-refractivity contribution in [3.63, 3.8) is 0 Å². The number of pyridine rings is 1. The fraction of sp³-hybridized carbons (Fsp3) is 0.643. The van der Waals surface area contributed by atoms with Crippen LogP contribution < -0.4 is 0 Å². The SMILES string of the molecule is CC(C)CC(O)C1(O)CCN(S(=O)(=O)c2ccc(Cl)cn2)C1. The minimum Gasteiger partial charge on any atom is -0.390 e. The number of nitrogens with zero attached hydrogens (tertiary/aromatic N) is 2. The summed E-state index contributed by atoms with van der Waals surface area (Å²) in [6.07, 6.45) is 0.938. The highest BCUT2D eigenvalue weighted by atomic mass is 35.5. The van der Waals surface area contributed by atoms with Crippen molar-refractivity contribution >= 4 is 21.6 Å². The quantitative estimate of drug-likeness (QED) is 0.836. The van der Waals surface area contributed by atoms with Crippen molar-refractivity contribution in [2.24, 2.45) is 5.92 Å². The van der Waals surface area contributed by atoms with Crippen LogP contribution in [0.2, 0.25) is 5.02 Å². The van der Waals surface area contributed by atoms with Gasteiger partial charge in [-0.1, -0.05) is 25.4 Å². The van der Waals surface area contributed by atoms with E-state index in [4.69, 9.17) is 11.6 Å². The molecule has 0 spiro atoms. The zero-order valence-electron chi connectivity index (χ0n) is 12.6. The Labute approximate surface area is 135 Å². The first-order valence-corrected chi connectivity index (χ1v) is 8.99. The predicted molar refractivity (Wildman–Crippen MR) is 83.0 cm³/mol. The number of halogens is 1. The second kappa shape index (κ2) is 6.41. The van der Waals surface area contributed by atoms with E-state index in [0.29, 0.717) is 11.4 Å². The zero-order valence-corrected chi connectivity index (χ0v) is 14.2. The molecule has 1 fully saturated rings. The minimum absolute atomic E-state index is 0.112. The van der Waals surface area contributed by atoms with Crippen LogP contribution in [0.4, 0.5) is 0 Å².